The van der Waals surface area contributed by atoms with E-state index in [9.17, 15) is 27.6 Å². The van der Waals surface area contributed by atoms with Crippen molar-refractivity contribution in [2.45, 2.75) is 93.7 Å². The molecule has 5 aliphatic rings. The summed E-state index contributed by atoms with van der Waals surface area (Å²) in [5.74, 6) is -2.72. The number of nitrogens with zero attached hydrogens (tertiary/aromatic N) is 4. The number of carbonyl (C=O) groups excluding carboxylic acids is 4. The minimum absolute atomic E-state index is 0.00608. The number of sulfonamides is 1. The maximum absolute atomic E-state index is 14.6. The molecule has 3 N–H and O–H groups in total. The fourth-order valence-corrected chi connectivity index (χ4v) is 9.48. The van der Waals surface area contributed by atoms with Gasteiger partial charge in [-0.05, 0) is 56.6 Å². The van der Waals surface area contributed by atoms with Crippen LogP contribution in [0.1, 0.15) is 85.0 Å². The molecule has 15 heteroatoms. The van der Waals surface area contributed by atoms with E-state index in [1.807, 2.05) is 60.7 Å². The number of carbonyl (C=O) groups is 4. The molecule has 3 heterocycles. The lowest BCUT2D eigenvalue weighted by Gasteiger charge is -2.29. The van der Waals surface area contributed by atoms with Crippen LogP contribution in [0.4, 0.5) is 0 Å². The highest BCUT2D eigenvalue weighted by Gasteiger charge is 2.62. The number of fused-ring (bicyclic) bond motifs is 5. The van der Waals surface area contributed by atoms with E-state index >= 15 is 0 Å². The van der Waals surface area contributed by atoms with Gasteiger partial charge in [-0.15, -0.1) is 0 Å². The molecule has 2 saturated carbocycles. The maximum Gasteiger partial charge on any atom is 0.259 e. The number of aryl methyl sites for hydroxylation is 2. The molecule has 55 heavy (non-hydrogen) atoms. The van der Waals surface area contributed by atoms with Crippen LogP contribution in [-0.4, -0.2) is 88.0 Å². The van der Waals surface area contributed by atoms with Crippen molar-refractivity contribution in [3.63, 3.8) is 0 Å². The third-order valence-corrected chi connectivity index (χ3v) is 13.2. The summed E-state index contributed by atoms with van der Waals surface area (Å²) in [4.78, 5) is 64.0. The minimum Gasteiger partial charge on any atom is -0.390 e. The second-order valence-electron chi connectivity index (χ2n) is 15.3. The van der Waals surface area contributed by atoms with Gasteiger partial charge in [-0.25, -0.2) is 8.42 Å². The molecular formula is C40H45N7O7S. The molecule has 1 aromatic heterocycles. The van der Waals surface area contributed by atoms with E-state index in [0.717, 1.165) is 35.1 Å². The van der Waals surface area contributed by atoms with Gasteiger partial charge in [0.05, 0.1) is 23.1 Å². The molecule has 288 valence electrons. The van der Waals surface area contributed by atoms with Gasteiger partial charge in [0.15, 0.2) is 0 Å². The maximum atomic E-state index is 14.6. The van der Waals surface area contributed by atoms with Crippen molar-refractivity contribution in [1.29, 1.82) is 0 Å². The van der Waals surface area contributed by atoms with Gasteiger partial charge < -0.3 is 20.4 Å². The topological polar surface area (TPSA) is 181 Å². The fourth-order valence-electron chi connectivity index (χ4n) is 8.12. The van der Waals surface area contributed by atoms with E-state index < -0.39 is 68.5 Å². The lowest BCUT2D eigenvalue weighted by molar-refractivity contribution is -0.141. The van der Waals surface area contributed by atoms with Gasteiger partial charge >= 0.3 is 0 Å². The first kappa shape index (κ1) is 36.7. The van der Waals surface area contributed by atoms with Gasteiger partial charge in [-0.2, -0.15) is 5.10 Å². The molecule has 4 amide bonds. The molecule has 3 fully saturated rings. The van der Waals surface area contributed by atoms with Gasteiger partial charge in [0.2, 0.25) is 21.8 Å². The number of hydrogen-bond donors (Lipinski definition) is 3. The highest BCUT2D eigenvalue weighted by molar-refractivity contribution is 7.91. The van der Waals surface area contributed by atoms with Crippen molar-refractivity contribution in [2.75, 3.05) is 6.54 Å². The van der Waals surface area contributed by atoms with Gasteiger partial charge in [0.1, 0.15) is 29.4 Å². The van der Waals surface area contributed by atoms with Gasteiger partial charge in [-0.3, -0.25) is 28.6 Å². The number of aromatic nitrogens is 2. The molecule has 2 aromatic carbocycles. The molecule has 0 spiro atoms. The minimum atomic E-state index is -3.89. The molecule has 0 radical (unpaired) electrons. The Bertz CT molecular complexity index is 2180. The molecule has 0 bridgehead atoms. The third kappa shape index (κ3) is 7.17. The summed E-state index contributed by atoms with van der Waals surface area (Å²) in [6, 6.07) is 13.7. The predicted molar refractivity (Wildman–Crippen MR) is 203 cm³/mol. The Balaban J connectivity index is 1.10. The fraction of sp³-hybridized carbons (Fsp3) is 0.450. The summed E-state index contributed by atoms with van der Waals surface area (Å²) in [6.45, 7) is 1.72. The van der Waals surface area contributed by atoms with Crippen LogP contribution in [0.15, 0.2) is 72.0 Å². The Kier molecular flexibility index (Phi) is 9.60. The lowest BCUT2D eigenvalue weighted by atomic mass is 10.0. The van der Waals surface area contributed by atoms with Crippen LogP contribution >= 0.6 is 0 Å². The molecule has 5 atom stereocenters. The van der Waals surface area contributed by atoms with Crippen LogP contribution in [0.2, 0.25) is 0 Å². The largest absolute Gasteiger partial charge is 0.390 e. The Labute approximate surface area is 319 Å². The zero-order valence-electron chi connectivity index (χ0n) is 30.9. The Morgan fingerprint density at radius 2 is 1.67 bits per heavy atom. The van der Waals surface area contributed by atoms with Gasteiger partial charge in [0.25, 0.3) is 11.8 Å². The van der Waals surface area contributed by atoms with Crippen LogP contribution < -0.4 is 15.4 Å². The van der Waals surface area contributed by atoms with E-state index in [0.29, 0.717) is 49.1 Å². The number of amides is 4. The highest BCUT2D eigenvalue weighted by atomic mass is 32.2. The molecule has 14 nitrogen and oxygen atoms in total. The summed E-state index contributed by atoms with van der Waals surface area (Å²) in [5.41, 5.74) is 3.87. The molecule has 2 aliphatic heterocycles. The number of oxime groups is 1. The Morgan fingerprint density at radius 1 is 0.982 bits per heavy atom. The molecule has 8 rings (SSSR count). The summed E-state index contributed by atoms with van der Waals surface area (Å²) in [5, 5.41) is 14.1. The molecule has 1 saturated heterocycles. The quantitative estimate of drug-likeness (QED) is 0.189. The van der Waals surface area contributed by atoms with E-state index in [-0.39, 0.29) is 19.4 Å². The number of allylic oxidation sites excluding steroid dienone is 1. The standard InChI is InChI=1S/C40H45N7O7S/c1-24-32(23-46(2)43-24)36(48)41-33-17-7-5-3-4-6-12-25-21-40(25,39(51)45-55(52,53)27-18-19-27)42-37(49)34-20-26(22-47(34)38(33)50)54-44-35-30-15-10-8-13-28(30)29-14-9-11-16-31(29)35/h6,8-16,23,25-27,33-34H,3-5,7,17-22H2,1-2H3,(H,41,48)(H,42,49)(H,45,51)/b12-6-/t25?,26-,33+,34+,40?/m1/s1. The monoisotopic (exact) mass is 767 g/mol. The van der Waals surface area contributed by atoms with E-state index in [1.54, 1.807) is 20.2 Å². The first-order chi connectivity index (χ1) is 26.4. The molecule has 3 aromatic rings. The Hall–Kier alpha value is -5.31. The first-order valence-electron chi connectivity index (χ1n) is 19.0. The van der Waals surface area contributed by atoms with Gasteiger partial charge in [0, 0.05) is 36.7 Å². The summed E-state index contributed by atoms with van der Waals surface area (Å²) in [6.07, 6.45) is 9.21. The number of hydrogen-bond acceptors (Lipinski definition) is 9. The zero-order valence-corrected chi connectivity index (χ0v) is 31.7. The number of benzene rings is 2. The Morgan fingerprint density at radius 3 is 2.33 bits per heavy atom. The van der Waals surface area contributed by atoms with Crippen molar-refractivity contribution in [2.24, 2.45) is 18.1 Å². The second-order valence-corrected chi connectivity index (χ2v) is 17.3. The highest BCUT2D eigenvalue weighted by Crippen LogP contribution is 2.46. The van der Waals surface area contributed by atoms with Crippen molar-refractivity contribution < 1.29 is 32.4 Å². The average Bonchev–Trinajstić information content (AvgIpc) is 4.03. The summed E-state index contributed by atoms with van der Waals surface area (Å²) >= 11 is 0. The smallest absolute Gasteiger partial charge is 0.259 e. The molecule has 3 aliphatic carbocycles. The first-order valence-corrected chi connectivity index (χ1v) is 20.6. The SMILES string of the molecule is Cc1nn(C)cc1C(=O)N[C@H]1CCCCC/C=C\C2CC2(C(=O)NS(=O)(=O)C2CC2)NC(=O)[C@@H]2C[C@@H](ON=C3c4ccccc4-c4ccccc43)CN2C1=O. The van der Waals surface area contributed by atoms with E-state index in [2.05, 4.69) is 25.6 Å². The zero-order chi connectivity index (χ0) is 38.5. The summed E-state index contributed by atoms with van der Waals surface area (Å²) < 4.78 is 29.5. The number of nitrogens with one attached hydrogen (secondary N) is 3. The second kappa shape index (κ2) is 14.4. The normalized spacial score (nSPS) is 26.9. The van der Waals surface area contributed by atoms with E-state index in [4.69, 9.17) is 4.84 Å². The van der Waals surface area contributed by atoms with Crippen LogP contribution in [0, 0.1) is 12.8 Å². The van der Waals surface area contributed by atoms with E-state index in [1.165, 1.54) is 9.58 Å². The summed E-state index contributed by atoms with van der Waals surface area (Å²) in [7, 11) is -2.17. The van der Waals surface area contributed by atoms with Crippen molar-refractivity contribution in [3.05, 3.63) is 89.3 Å². The molecule has 2 unspecified atom stereocenters. The van der Waals surface area contributed by atoms with Crippen molar-refractivity contribution >= 4 is 39.4 Å². The van der Waals surface area contributed by atoms with Crippen molar-refractivity contribution in [1.82, 2.24) is 30.0 Å². The number of rotatable bonds is 7. The van der Waals surface area contributed by atoms with Crippen LogP contribution in [0.3, 0.4) is 0 Å². The lowest BCUT2D eigenvalue weighted by Crippen LogP contribution is -2.58. The molecular weight excluding hydrogens is 723 g/mol. The van der Waals surface area contributed by atoms with Crippen LogP contribution in [0.5, 0.6) is 0 Å². The van der Waals surface area contributed by atoms with Gasteiger partial charge in [-0.1, -0.05) is 78.7 Å². The third-order valence-electron chi connectivity index (χ3n) is 11.4. The van der Waals surface area contributed by atoms with Crippen molar-refractivity contribution in [3.8, 4) is 11.1 Å². The average molecular weight is 768 g/mol. The van der Waals surface area contributed by atoms with Crippen LogP contribution in [0.25, 0.3) is 11.1 Å². The van der Waals surface area contributed by atoms with Crippen LogP contribution in [-0.2, 0) is 36.3 Å². The predicted octanol–water partition coefficient (Wildman–Crippen LogP) is 3.25.